The molecule has 0 fully saturated rings. The van der Waals surface area contributed by atoms with Gasteiger partial charge < -0.3 is 10.1 Å². The molecule has 0 bridgehead atoms. The smallest absolute Gasteiger partial charge is 0.325 e. The highest BCUT2D eigenvalue weighted by molar-refractivity contribution is 7.13. The van der Waals surface area contributed by atoms with Crippen molar-refractivity contribution in [2.24, 2.45) is 0 Å². The van der Waals surface area contributed by atoms with Crippen LogP contribution in [0.4, 0.5) is 24.4 Å². The Hall–Kier alpha value is -3.00. The van der Waals surface area contributed by atoms with Crippen molar-refractivity contribution in [3.8, 4) is 11.5 Å². The number of rotatable bonds is 4. The Kier molecular flexibility index (Phi) is 4.66. The average Bonchev–Trinajstić information content (AvgIpc) is 3.05. The number of nitrogens with zero attached hydrogens (tertiary/aromatic N) is 1. The first-order valence-electron chi connectivity index (χ1n) is 6.81. The third-order valence-corrected chi connectivity index (χ3v) is 3.60. The van der Waals surface area contributed by atoms with Gasteiger partial charge in [0.2, 0.25) is 0 Å². The van der Waals surface area contributed by atoms with Crippen LogP contribution in [0.1, 0.15) is 0 Å². The second kappa shape index (κ2) is 7.05. The van der Waals surface area contributed by atoms with Crippen LogP contribution in [0.2, 0.25) is 0 Å². The van der Waals surface area contributed by atoms with Gasteiger partial charge in [-0.1, -0.05) is 12.1 Å². The standard InChI is InChI=1S/C16H11F2N3O2S/c17-11-6-5-10(9-12(11)18)23-14-4-2-1-3-13(14)20-15(22)21-16-19-7-8-24-16/h1-9H,(H2,19,20,21,22). The molecule has 0 unspecified atom stereocenters. The fraction of sp³-hybridized carbons (Fsp3) is 0. The second-order valence-electron chi connectivity index (χ2n) is 4.59. The van der Waals surface area contributed by atoms with E-state index in [-0.39, 0.29) is 11.5 Å². The molecule has 0 spiro atoms. The number of para-hydroxylation sites is 2. The molecule has 0 radical (unpaired) electrons. The third kappa shape index (κ3) is 3.85. The van der Waals surface area contributed by atoms with Gasteiger partial charge in [-0.3, -0.25) is 5.32 Å². The number of anilines is 2. The van der Waals surface area contributed by atoms with E-state index in [9.17, 15) is 13.6 Å². The summed E-state index contributed by atoms with van der Waals surface area (Å²) in [6.07, 6.45) is 1.57. The molecule has 5 nitrogen and oxygen atoms in total. The lowest BCUT2D eigenvalue weighted by atomic mass is 10.3. The summed E-state index contributed by atoms with van der Waals surface area (Å²) in [6, 6.07) is 9.32. The summed E-state index contributed by atoms with van der Waals surface area (Å²) >= 11 is 1.28. The zero-order chi connectivity index (χ0) is 16.9. The Labute approximate surface area is 139 Å². The zero-order valence-electron chi connectivity index (χ0n) is 12.1. The maximum absolute atomic E-state index is 13.3. The van der Waals surface area contributed by atoms with E-state index in [0.29, 0.717) is 10.8 Å². The number of halogens is 2. The summed E-state index contributed by atoms with van der Waals surface area (Å²) < 4.78 is 31.8. The van der Waals surface area contributed by atoms with Crippen LogP contribution in [0.15, 0.2) is 54.0 Å². The van der Waals surface area contributed by atoms with E-state index >= 15 is 0 Å². The molecule has 0 saturated heterocycles. The largest absolute Gasteiger partial charge is 0.455 e. The van der Waals surface area contributed by atoms with E-state index in [1.54, 1.807) is 35.8 Å². The Morgan fingerprint density at radius 2 is 1.92 bits per heavy atom. The van der Waals surface area contributed by atoms with Crippen LogP contribution in [0, 0.1) is 11.6 Å². The number of hydrogen-bond acceptors (Lipinski definition) is 4. The lowest BCUT2D eigenvalue weighted by molar-refractivity contribution is 0.262. The van der Waals surface area contributed by atoms with Gasteiger partial charge in [-0.25, -0.2) is 18.6 Å². The van der Waals surface area contributed by atoms with E-state index in [1.807, 2.05) is 0 Å². The predicted octanol–water partition coefficient (Wildman–Crippen LogP) is 4.86. The number of carbonyl (C=O) groups is 1. The van der Waals surface area contributed by atoms with Crippen molar-refractivity contribution in [1.29, 1.82) is 0 Å². The number of carbonyl (C=O) groups excluding carboxylic acids is 1. The van der Waals surface area contributed by atoms with Gasteiger partial charge in [0.25, 0.3) is 0 Å². The molecule has 0 aliphatic rings. The summed E-state index contributed by atoms with van der Waals surface area (Å²) in [5, 5.41) is 7.37. The molecule has 2 amide bonds. The minimum Gasteiger partial charge on any atom is -0.455 e. The number of aromatic nitrogens is 1. The highest BCUT2D eigenvalue weighted by atomic mass is 32.1. The van der Waals surface area contributed by atoms with Crippen LogP contribution in [-0.2, 0) is 0 Å². The van der Waals surface area contributed by atoms with Gasteiger partial charge >= 0.3 is 6.03 Å². The summed E-state index contributed by atoms with van der Waals surface area (Å²) in [4.78, 5) is 15.9. The van der Waals surface area contributed by atoms with Crippen molar-refractivity contribution in [3.63, 3.8) is 0 Å². The van der Waals surface area contributed by atoms with Crippen LogP contribution in [0.3, 0.4) is 0 Å². The lowest BCUT2D eigenvalue weighted by Crippen LogP contribution is -2.19. The van der Waals surface area contributed by atoms with Crippen LogP contribution >= 0.6 is 11.3 Å². The number of amides is 2. The van der Waals surface area contributed by atoms with Crippen molar-refractivity contribution in [2.45, 2.75) is 0 Å². The Balaban J connectivity index is 1.75. The summed E-state index contributed by atoms with van der Waals surface area (Å²) in [6.45, 7) is 0. The van der Waals surface area contributed by atoms with E-state index in [4.69, 9.17) is 4.74 Å². The molecular weight excluding hydrogens is 336 g/mol. The Morgan fingerprint density at radius 1 is 1.08 bits per heavy atom. The predicted molar refractivity (Wildman–Crippen MR) is 87.6 cm³/mol. The van der Waals surface area contributed by atoms with E-state index in [2.05, 4.69) is 15.6 Å². The van der Waals surface area contributed by atoms with Crippen molar-refractivity contribution >= 4 is 28.2 Å². The molecular formula is C16H11F2N3O2S. The Bertz CT molecular complexity index is 856. The number of benzene rings is 2. The van der Waals surface area contributed by atoms with Crippen LogP contribution in [0.25, 0.3) is 0 Å². The molecule has 122 valence electrons. The number of hydrogen-bond donors (Lipinski definition) is 2. The molecule has 3 aromatic rings. The normalized spacial score (nSPS) is 10.2. The molecule has 0 saturated carbocycles. The number of ether oxygens (including phenoxy) is 1. The molecule has 0 aliphatic carbocycles. The number of urea groups is 1. The molecule has 0 aliphatic heterocycles. The van der Waals surface area contributed by atoms with Crippen LogP contribution in [-0.4, -0.2) is 11.0 Å². The molecule has 2 N–H and O–H groups in total. The minimum absolute atomic E-state index is 0.114. The van der Waals surface area contributed by atoms with Gasteiger partial charge in [0, 0.05) is 17.6 Å². The fourth-order valence-corrected chi connectivity index (χ4v) is 2.39. The number of thiazole rings is 1. The summed E-state index contributed by atoms with van der Waals surface area (Å²) in [5.41, 5.74) is 0.372. The number of nitrogens with one attached hydrogen (secondary N) is 2. The first-order chi connectivity index (χ1) is 11.6. The Morgan fingerprint density at radius 3 is 2.67 bits per heavy atom. The molecule has 0 atom stereocenters. The maximum Gasteiger partial charge on any atom is 0.325 e. The molecule has 3 rings (SSSR count). The molecule has 1 aromatic heterocycles. The fourth-order valence-electron chi connectivity index (χ4n) is 1.86. The zero-order valence-corrected chi connectivity index (χ0v) is 12.9. The SMILES string of the molecule is O=C(Nc1nccs1)Nc1ccccc1Oc1ccc(F)c(F)c1. The van der Waals surface area contributed by atoms with Crippen molar-refractivity contribution in [1.82, 2.24) is 4.98 Å². The maximum atomic E-state index is 13.3. The van der Waals surface area contributed by atoms with Crippen LogP contribution < -0.4 is 15.4 Å². The first-order valence-corrected chi connectivity index (χ1v) is 7.69. The third-order valence-electron chi connectivity index (χ3n) is 2.91. The van der Waals surface area contributed by atoms with Gasteiger partial charge in [0.15, 0.2) is 22.5 Å². The topological polar surface area (TPSA) is 63.2 Å². The molecule has 8 heteroatoms. The van der Waals surface area contributed by atoms with Gasteiger partial charge in [-0.15, -0.1) is 11.3 Å². The van der Waals surface area contributed by atoms with Crippen molar-refractivity contribution < 1.29 is 18.3 Å². The van der Waals surface area contributed by atoms with E-state index in [1.165, 1.54) is 17.4 Å². The highest BCUT2D eigenvalue weighted by Crippen LogP contribution is 2.30. The molecule has 24 heavy (non-hydrogen) atoms. The highest BCUT2D eigenvalue weighted by Gasteiger charge is 2.10. The van der Waals surface area contributed by atoms with Gasteiger partial charge in [-0.05, 0) is 24.3 Å². The van der Waals surface area contributed by atoms with Crippen molar-refractivity contribution in [3.05, 3.63) is 65.7 Å². The lowest BCUT2D eigenvalue weighted by Gasteiger charge is -2.12. The minimum atomic E-state index is -1.01. The first kappa shape index (κ1) is 15.9. The van der Waals surface area contributed by atoms with E-state index < -0.39 is 17.7 Å². The summed E-state index contributed by atoms with van der Waals surface area (Å²) in [7, 11) is 0. The molecule has 1 heterocycles. The quantitative estimate of drug-likeness (QED) is 0.708. The van der Waals surface area contributed by atoms with E-state index in [0.717, 1.165) is 12.1 Å². The van der Waals surface area contributed by atoms with Gasteiger partial charge in [0.05, 0.1) is 5.69 Å². The monoisotopic (exact) mass is 347 g/mol. The van der Waals surface area contributed by atoms with Crippen LogP contribution in [0.5, 0.6) is 11.5 Å². The van der Waals surface area contributed by atoms with Gasteiger partial charge in [-0.2, -0.15) is 0 Å². The van der Waals surface area contributed by atoms with Gasteiger partial charge in [0.1, 0.15) is 5.75 Å². The second-order valence-corrected chi connectivity index (χ2v) is 5.49. The molecule has 2 aromatic carbocycles. The average molecular weight is 347 g/mol. The summed E-state index contributed by atoms with van der Waals surface area (Å²) in [5.74, 6) is -1.57. The van der Waals surface area contributed by atoms with Crippen molar-refractivity contribution in [2.75, 3.05) is 10.6 Å².